The van der Waals surface area contributed by atoms with E-state index in [0.29, 0.717) is 5.92 Å². The summed E-state index contributed by atoms with van der Waals surface area (Å²) in [6, 6.07) is 4.24. The third kappa shape index (κ3) is 3.14. The molecular formula is C14H22ClNO. The van der Waals surface area contributed by atoms with Crippen molar-refractivity contribution in [3.05, 3.63) is 28.8 Å². The van der Waals surface area contributed by atoms with E-state index in [4.69, 9.17) is 16.3 Å². The first-order valence-corrected chi connectivity index (χ1v) is 6.31. The zero-order chi connectivity index (χ0) is 13.2. The van der Waals surface area contributed by atoms with Crippen LogP contribution >= 0.6 is 11.6 Å². The minimum Gasteiger partial charge on any atom is -0.496 e. The fourth-order valence-corrected chi connectivity index (χ4v) is 2.11. The van der Waals surface area contributed by atoms with Crippen LogP contribution in [0.15, 0.2) is 12.1 Å². The fourth-order valence-electron chi connectivity index (χ4n) is 1.88. The van der Waals surface area contributed by atoms with Gasteiger partial charge >= 0.3 is 0 Å². The van der Waals surface area contributed by atoms with Gasteiger partial charge in [-0.2, -0.15) is 0 Å². The lowest BCUT2D eigenvalue weighted by molar-refractivity contribution is 0.381. The molecule has 1 unspecified atom stereocenters. The highest BCUT2D eigenvalue weighted by Gasteiger charge is 2.17. The van der Waals surface area contributed by atoms with Crippen molar-refractivity contribution in [1.29, 1.82) is 0 Å². The predicted molar refractivity (Wildman–Crippen MR) is 74.1 cm³/mol. The Bertz CT molecular complexity index is 388. The lowest BCUT2D eigenvalue weighted by atomic mass is 9.96. The summed E-state index contributed by atoms with van der Waals surface area (Å²) in [4.78, 5) is 2.00. The molecule has 0 aliphatic carbocycles. The quantitative estimate of drug-likeness (QED) is 0.597. The number of alkyl halides is 1. The van der Waals surface area contributed by atoms with Crippen LogP contribution in [0.3, 0.4) is 0 Å². The van der Waals surface area contributed by atoms with Crippen LogP contribution in [0.2, 0.25) is 0 Å². The van der Waals surface area contributed by atoms with Gasteiger partial charge in [0.25, 0.3) is 0 Å². The molecular weight excluding hydrogens is 234 g/mol. The van der Waals surface area contributed by atoms with Gasteiger partial charge in [0.15, 0.2) is 0 Å². The molecule has 0 radical (unpaired) electrons. The Balaban J connectivity index is 3.29. The fraction of sp³-hybridized carbons (Fsp3) is 0.571. The van der Waals surface area contributed by atoms with Crippen molar-refractivity contribution in [3.63, 3.8) is 0 Å². The van der Waals surface area contributed by atoms with E-state index < -0.39 is 0 Å². The van der Waals surface area contributed by atoms with Crippen molar-refractivity contribution in [1.82, 2.24) is 4.90 Å². The zero-order valence-electron chi connectivity index (χ0n) is 11.5. The number of hydrogen-bond acceptors (Lipinski definition) is 2. The van der Waals surface area contributed by atoms with Crippen LogP contribution < -0.4 is 4.74 Å². The molecule has 3 heteroatoms. The molecule has 0 spiro atoms. The maximum Gasteiger partial charge on any atom is 0.122 e. The third-order valence-corrected chi connectivity index (χ3v) is 3.58. The first-order valence-electron chi connectivity index (χ1n) is 5.87. The third-order valence-electron chi connectivity index (χ3n) is 2.95. The summed E-state index contributed by atoms with van der Waals surface area (Å²) in [5.74, 6) is 1.37. The molecule has 96 valence electrons. The summed E-state index contributed by atoms with van der Waals surface area (Å²) in [5.41, 5.74) is 3.43. The molecule has 0 aliphatic rings. The van der Waals surface area contributed by atoms with Gasteiger partial charge in [-0.25, -0.2) is 0 Å². The zero-order valence-corrected chi connectivity index (χ0v) is 12.3. The van der Waals surface area contributed by atoms with E-state index in [2.05, 4.69) is 32.9 Å². The number of methoxy groups -OCH3 is 1. The molecule has 0 N–H and O–H groups in total. The van der Waals surface area contributed by atoms with Crippen molar-refractivity contribution < 1.29 is 4.74 Å². The lowest BCUT2D eigenvalue weighted by Gasteiger charge is -2.23. The molecule has 1 atom stereocenters. The SMILES string of the molecule is COc1cc(C)c(C(Cl)N(C)C)cc1C(C)C. The molecule has 1 rings (SSSR count). The summed E-state index contributed by atoms with van der Waals surface area (Å²) in [6.45, 7) is 6.40. The van der Waals surface area contributed by atoms with Crippen LogP contribution in [0.4, 0.5) is 0 Å². The molecule has 0 heterocycles. The highest BCUT2D eigenvalue weighted by molar-refractivity contribution is 6.20. The highest BCUT2D eigenvalue weighted by Crippen LogP contribution is 2.34. The lowest BCUT2D eigenvalue weighted by Crippen LogP contribution is -2.16. The standard InChI is InChI=1S/C14H22ClNO/c1-9(2)11-8-12(14(15)16(4)5)10(3)7-13(11)17-6/h7-9,14H,1-6H3. The molecule has 1 aromatic rings. The van der Waals surface area contributed by atoms with Crippen LogP contribution in [0, 0.1) is 6.92 Å². The molecule has 0 saturated carbocycles. The highest BCUT2D eigenvalue weighted by atomic mass is 35.5. The van der Waals surface area contributed by atoms with Crippen LogP contribution in [0.25, 0.3) is 0 Å². The minimum absolute atomic E-state index is 0.0987. The first-order chi connectivity index (χ1) is 7.88. The number of benzene rings is 1. The van der Waals surface area contributed by atoms with E-state index >= 15 is 0 Å². The molecule has 0 fully saturated rings. The van der Waals surface area contributed by atoms with Gasteiger partial charge in [-0.15, -0.1) is 11.6 Å². The number of halogens is 1. The number of rotatable bonds is 4. The maximum atomic E-state index is 6.40. The molecule has 0 aromatic heterocycles. The van der Waals surface area contributed by atoms with E-state index in [1.54, 1.807) is 7.11 Å². The van der Waals surface area contributed by atoms with Crippen molar-refractivity contribution in [2.75, 3.05) is 21.2 Å². The van der Waals surface area contributed by atoms with Crippen molar-refractivity contribution >= 4 is 11.6 Å². The average molecular weight is 256 g/mol. The Hall–Kier alpha value is -0.730. The van der Waals surface area contributed by atoms with Gasteiger partial charge in [-0.3, -0.25) is 4.90 Å². The molecule has 0 bridgehead atoms. The molecule has 0 amide bonds. The van der Waals surface area contributed by atoms with Gasteiger partial charge in [0.1, 0.15) is 11.3 Å². The number of ether oxygens (including phenoxy) is 1. The second kappa shape index (κ2) is 5.74. The molecule has 2 nitrogen and oxygen atoms in total. The molecule has 1 aromatic carbocycles. The van der Waals surface area contributed by atoms with Gasteiger partial charge in [-0.05, 0) is 55.8 Å². The first kappa shape index (κ1) is 14.3. The van der Waals surface area contributed by atoms with E-state index in [0.717, 1.165) is 11.3 Å². The van der Waals surface area contributed by atoms with Crippen LogP contribution in [-0.2, 0) is 0 Å². The monoisotopic (exact) mass is 255 g/mol. The number of hydrogen-bond donors (Lipinski definition) is 0. The van der Waals surface area contributed by atoms with E-state index in [1.807, 2.05) is 19.0 Å². The minimum atomic E-state index is -0.0987. The number of nitrogens with zero attached hydrogens (tertiary/aromatic N) is 1. The Kier molecular flexibility index (Phi) is 4.84. The summed E-state index contributed by atoms with van der Waals surface area (Å²) in [6.07, 6.45) is 0. The summed E-state index contributed by atoms with van der Waals surface area (Å²) in [7, 11) is 5.68. The van der Waals surface area contributed by atoms with Crippen LogP contribution in [-0.4, -0.2) is 26.1 Å². The van der Waals surface area contributed by atoms with Crippen LogP contribution in [0.1, 0.15) is 42.0 Å². The van der Waals surface area contributed by atoms with E-state index in [-0.39, 0.29) is 5.50 Å². The van der Waals surface area contributed by atoms with Gasteiger partial charge in [0.2, 0.25) is 0 Å². The van der Waals surface area contributed by atoms with Gasteiger partial charge in [-0.1, -0.05) is 13.8 Å². The number of aryl methyl sites for hydroxylation is 1. The Labute approximate surface area is 110 Å². The Morgan fingerprint density at radius 2 is 1.76 bits per heavy atom. The smallest absolute Gasteiger partial charge is 0.122 e. The van der Waals surface area contributed by atoms with Gasteiger partial charge in [0.05, 0.1) is 7.11 Å². The maximum absolute atomic E-state index is 6.40. The summed E-state index contributed by atoms with van der Waals surface area (Å²) >= 11 is 6.40. The van der Waals surface area contributed by atoms with Crippen molar-refractivity contribution in [2.24, 2.45) is 0 Å². The summed E-state index contributed by atoms with van der Waals surface area (Å²) < 4.78 is 5.43. The van der Waals surface area contributed by atoms with E-state index in [1.165, 1.54) is 11.1 Å². The molecule has 0 saturated heterocycles. The molecule has 0 aliphatic heterocycles. The predicted octanol–water partition coefficient (Wildman–Crippen LogP) is 3.93. The largest absolute Gasteiger partial charge is 0.496 e. The normalized spacial score (nSPS) is 13.2. The van der Waals surface area contributed by atoms with E-state index in [9.17, 15) is 0 Å². The average Bonchev–Trinajstić information content (AvgIpc) is 2.27. The second-order valence-corrected chi connectivity index (χ2v) is 5.32. The van der Waals surface area contributed by atoms with Crippen molar-refractivity contribution in [2.45, 2.75) is 32.2 Å². The second-order valence-electron chi connectivity index (χ2n) is 4.90. The van der Waals surface area contributed by atoms with Gasteiger partial charge in [0, 0.05) is 0 Å². The summed E-state index contributed by atoms with van der Waals surface area (Å²) in [5, 5.41) is 0. The Morgan fingerprint density at radius 1 is 1.18 bits per heavy atom. The molecule has 17 heavy (non-hydrogen) atoms. The van der Waals surface area contributed by atoms with Gasteiger partial charge < -0.3 is 4.74 Å². The van der Waals surface area contributed by atoms with Crippen LogP contribution in [0.5, 0.6) is 5.75 Å². The Morgan fingerprint density at radius 3 is 2.18 bits per heavy atom. The topological polar surface area (TPSA) is 12.5 Å². The van der Waals surface area contributed by atoms with Crippen molar-refractivity contribution in [3.8, 4) is 5.75 Å².